The summed E-state index contributed by atoms with van der Waals surface area (Å²) in [5, 5.41) is 9.01. The van der Waals surface area contributed by atoms with E-state index < -0.39 is 0 Å². The van der Waals surface area contributed by atoms with Gasteiger partial charge in [0.1, 0.15) is 0 Å². The first-order valence-electron chi connectivity index (χ1n) is 4.61. The molecule has 0 saturated heterocycles. The lowest BCUT2D eigenvalue weighted by atomic mass is 9.87. The topological polar surface area (TPSA) is 29.5 Å². The predicted octanol–water partition coefficient (Wildman–Crippen LogP) is 1.57. The largest absolute Gasteiger partial charge is 0.396 e. The van der Waals surface area contributed by atoms with Gasteiger partial charge in [0.25, 0.3) is 0 Å². The fraction of sp³-hybridized carbons (Fsp3) is 1.00. The van der Waals surface area contributed by atoms with Gasteiger partial charge in [-0.1, -0.05) is 12.8 Å². The van der Waals surface area contributed by atoms with E-state index >= 15 is 0 Å². The van der Waals surface area contributed by atoms with Crippen LogP contribution in [0.25, 0.3) is 0 Å². The Balaban J connectivity index is 2.31. The quantitative estimate of drug-likeness (QED) is 0.675. The summed E-state index contributed by atoms with van der Waals surface area (Å²) >= 11 is 0. The highest BCUT2D eigenvalue weighted by molar-refractivity contribution is 4.74. The maximum absolute atomic E-state index is 9.01. The Bertz CT molecular complexity index is 102. The van der Waals surface area contributed by atoms with Crippen molar-refractivity contribution in [3.05, 3.63) is 0 Å². The molecule has 0 aromatic carbocycles. The van der Waals surface area contributed by atoms with Crippen LogP contribution in [-0.2, 0) is 4.74 Å². The van der Waals surface area contributed by atoms with Crippen LogP contribution in [0.15, 0.2) is 0 Å². The van der Waals surface area contributed by atoms with Crippen LogP contribution in [0.4, 0.5) is 0 Å². The van der Waals surface area contributed by atoms with Crippen molar-refractivity contribution in [2.45, 2.75) is 38.7 Å². The molecular weight excluding hydrogens is 140 g/mol. The van der Waals surface area contributed by atoms with Crippen LogP contribution in [0.3, 0.4) is 0 Å². The predicted molar refractivity (Wildman–Crippen MR) is 44.5 cm³/mol. The summed E-state index contributed by atoms with van der Waals surface area (Å²) in [6, 6.07) is 0. The van der Waals surface area contributed by atoms with E-state index in [9.17, 15) is 0 Å². The molecule has 1 rings (SSSR count). The Morgan fingerprint density at radius 1 is 1.36 bits per heavy atom. The number of aliphatic hydroxyl groups is 1. The minimum Gasteiger partial charge on any atom is -0.396 e. The molecule has 0 unspecified atom stereocenters. The van der Waals surface area contributed by atoms with Crippen molar-refractivity contribution in [2.75, 3.05) is 13.2 Å². The van der Waals surface area contributed by atoms with Crippen LogP contribution in [0, 0.1) is 5.92 Å². The molecule has 1 aliphatic carbocycles. The first-order chi connectivity index (χ1) is 5.38. The second-order valence-electron chi connectivity index (χ2n) is 3.22. The minimum atomic E-state index is 0.296. The molecule has 2 atom stereocenters. The van der Waals surface area contributed by atoms with E-state index in [2.05, 4.69) is 0 Å². The molecule has 0 spiro atoms. The van der Waals surface area contributed by atoms with Gasteiger partial charge in [-0.3, -0.25) is 0 Å². The summed E-state index contributed by atoms with van der Waals surface area (Å²) in [7, 11) is 0. The lowest BCUT2D eigenvalue weighted by Crippen LogP contribution is -2.30. The number of rotatable bonds is 3. The molecule has 0 bridgehead atoms. The van der Waals surface area contributed by atoms with Crippen LogP contribution in [-0.4, -0.2) is 24.4 Å². The Labute approximate surface area is 68.6 Å². The number of aliphatic hydroxyl groups excluding tert-OH is 1. The van der Waals surface area contributed by atoms with E-state index in [0.29, 0.717) is 18.6 Å². The molecule has 0 heterocycles. The molecule has 0 aliphatic heterocycles. The Morgan fingerprint density at radius 3 is 2.73 bits per heavy atom. The van der Waals surface area contributed by atoms with Crippen molar-refractivity contribution in [1.82, 2.24) is 0 Å². The first kappa shape index (κ1) is 9.01. The Kier molecular flexibility index (Phi) is 3.87. The fourth-order valence-electron chi connectivity index (χ4n) is 1.82. The summed E-state index contributed by atoms with van der Waals surface area (Å²) < 4.78 is 5.53. The van der Waals surface area contributed by atoms with E-state index in [1.54, 1.807) is 0 Å². The highest BCUT2D eigenvalue weighted by Gasteiger charge is 2.24. The summed E-state index contributed by atoms with van der Waals surface area (Å²) in [5.74, 6) is 0.406. The van der Waals surface area contributed by atoms with Crippen molar-refractivity contribution in [3.8, 4) is 0 Å². The molecular formula is C9H18O2. The van der Waals surface area contributed by atoms with Gasteiger partial charge < -0.3 is 9.84 Å². The van der Waals surface area contributed by atoms with Crippen molar-refractivity contribution in [2.24, 2.45) is 5.92 Å². The molecule has 66 valence electrons. The molecule has 2 heteroatoms. The summed E-state index contributed by atoms with van der Waals surface area (Å²) in [5.41, 5.74) is 0. The summed E-state index contributed by atoms with van der Waals surface area (Å²) in [6.45, 7) is 3.09. The smallest absolute Gasteiger partial charge is 0.0625 e. The van der Waals surface area contributed by atoms with Crippen LogP contribution in [0.2, 0.25) is 0 Å². The van der Waals surface area contributed by atoms with Crippen molar-refractivity contribution in [3.63, 3.8) is 0 Å². The van der Waals surface area contributed by atoms with E-state index in [4.69, 9.17) is 9.84 Å². The van der Waals surface area contributed by atoms with Crippen LogP contribution >= 0.6 is 0 Å². The molecule has 0 amide bonds. The van der Waals surface area contributed by atoms with Crippen molar-refractivity contribution < 1.29 is 9.84 Å². The van der Waals surface area contributed by atoms with Crippen LogP contribution in [0.5, 0.6) is 0 Å². The molecule has 1 fully saturated rings. The molecule has 0 aromatic heterocycles. The second kappa shape index (κ2) is 4.73. The average molecular weight is 158 g/mol. The maximum atomic E-state index is 9.01. The summed E-state index contributed by atoms with van der Waals surface area (Å²) in [6.07, 6.45) is 5.13. The molecule has 0 radical (unpaired) electrons. The lowest BCUT2D eigenvalue weighted by Gasteiger charge is -2.29. The fourth-order valence-corrected chi connectivity index (χ4v) is 1.82. The number of ether oxygens (including phenoxy) is 1. The third-order valence-electron chi connectivity index (χ3n) is 2.45. The van der Waals surface area contributed by atoms with Crippen molar-refractivity contribution >= 4 is 0 Å². The summed E-state index contributed by atoms with van der Waals surface area (Å²) in [4.78, 5) is 0. The molecule has 1 aliphatic rings. The van der Waals surface area contributed by atoms with Crippen LogP contribution in [0.1, 0.15) is 32.6 Å². The zero-order chi connectivity index (χ0) is 8.10. The van der Waals surface area contributed by atoms with Crippen LogP contribution < -0.4 is 0 Å². The Hall–Kier alpha value is -0.0800. The van der Waals surface area contributed by atoms with Gasteiger partial charge in [-0.05, 0) is 19.8 Å². The third-order valence-corrected chi connectivity index (χ3v) is 2.45. The van der Waals surface area contributed by atoms with Gasteiger partial charge in [-0.25, -0.2) is 0 Å². The monoisotopic (exact) mass is 158 g/mol. The van der Waals surface area contributed by atoms with Gasteiger partial charge in [0.15, 0.2) is 0 Å². The zero-order valence-electron chi connectivity index (χ0n) is 7.25. The van der Waals surface area contributed by atoms with E-state index in [-0.39, 0.29) is 0 Å². The lowest BCUT2D eigenvalue weighted by molar-refractivity contribution is -0.0227. The molecule has 0 aromatic rings. The third kappa shape index (κ3) is 2.46. The SMILES string of the molecule is CCO[C@@H]1CCCC[C@@H]1CO. The normalized spacial score (nSPS) is 32.2. The van der Waals surface area contributed by atoms with Gasteiger partial charge >= 0.3 is 0 Å². The Morgan fingerprint density at radius 2 is 2.09 bits per heavy atom. The first-order valence-corrected chi connectivity index (χ1v) is 4.61. The number of hydrogen-bond acceptors (Lipinski definition) is 2. The molecule has 2 nitrogen and oxygen atoms in total. The second-order valence-corrected chi connectivity index (χ2v) is 3.22. The molecule has 1 saturated carbocycles. The highest BCUT2D eigenvalue weighted by Crippen LogP contribution is 2.26. The minimum absolute atomic E-state index is 0.296. The van der Waals surface area contributed by atoms with Gasteiger partial charge in [-0.2, -0.15) is 0 Å². The number of hydrogen-bond donors (Lipinski definition) is 1. The average Bonchev–Trinajstić information content (AvgIpc) is 2.06. The van der Waals surface area contributed by atoms with Gasteiger partial charge in [-0.15, -0.1) is 0 Å². The van der Waals surface area contributed by atoms with Crippen molar-refractivity contribution in [1.29, 1.82) is 0 Å². The highest BCUT2D eigenvalue weighted by atomic mass is 16.5. The standard InChI is InChI=1S/C9H18O2/c1-2-11-9-6-4-3-5-8(9)7-10/h8-10H,2-7H2,1H3/t8-,9-/m1/s1. The van der Waals surface area contributed by atoms with E-state index in [1.807, 2.05) is 6.92 Å². The van der Waals surface area contributed by atoms with Gasteiger partial charge in [0.2, 0.25) is 0 Å². The maximum Gasteiger partial charge on any atom is 0.0625 e. The van der Waals surface area contributed by atoms with E-state index in [0.717, 1.165) is 19.4 Å². The zero-order valence-corrected chi connectivity index (χ0v) is 7.25. The molecule has 11 heavy (non-hydrogen) atoms. The van der Waals surface area contributed by atoms with Gasteiger partial charge in [0.05, 0.1) is 6.10 Å². The van der Waals surface area contributed by atoms with E-state index in [1.165, 1.54) is 12.8 Å². The molecule has 1 N–H and O–H groups in total. The van der Waals surface area contributed by atoms with Gasteiger partial charge in [0, 0.05) is 19.1 Å².